The van der Waals surface area contributed by atoms with E-state index >= 15 is 0 Å². The number of rotatable bonds is 6. The highest BCUT2D eigenvalue weighted by Gasteiger charge is 2.29. The normalized spacial score (nSPS) is 15.7. The molecule has 0 aliphatic heterocycles. The molecule has 0 saturated heterocycles. The van der Waals surface area contributed by atoms with Gasteiger partial charge in [0.2, 0.25) is 0 Å². The molecule has 3 rings (SSSR count). The number of carbonyl (C=O) groups excluding carboxylic acids is 1. The second-order valence-corrected chi connectivity index (χ2v) is 7.05. The van der Waals surface area contributed by atoms with Gasteiger partial charge in [0.1, 0.15) is 5.69 Å². The molecule has 1 aliphatic carbocycles. The van der Waals surface area contributed by atoms with Gasteiger partial charge in [0.15, 0.2) is 0 Å². The molecule has 122 valence electrons. The van der Waals surface area contributed by atoms with Crippen LogP contribution in [0.3, 0.4) is 0 Å². The molecule has 23 heavy (non-hydrogen) atoms. The summed E-state index contributed by atoms with van der Waals surface area (Å²) in [5, 5.41) is 10.0. The zero-order valence-electron chi connectivity index (χ0n) is 13.3. The molecule has 1 amide bonds. The highest BCUT2D eigenvalue weighted by molar-refractivity contribution is 9.10. The van der Waals surface area contributed by atoms with Gasteiger partial charge in [-0.25, -0.2) is 0 Å². The van der Waals surface area contributed by atoms with Crippen molar-refractivity contribution >= 4 is 21.8 Å². The van der Waals surface area contributed by atoms with Gasteiger partial charge in [-0.3, -0.25) is 14.8 Å². The van der Waals surface area contributed by atoms with Gasteiger partial charge in [0.25, 0.3) is 5.91 Å². The van der Waals surface area contributed by atoms with Crippen molar-refractivity contribution in [1.82, 2.24) is 20.4 Å². The maximum absolute atomic E-state index is 12.2. The molecule has 6 heteroatoms. The van der Waals surface area contributed by atoms with E-state index in [4.69, 9.17) is 0 Å². The minimum absolute atomic E-state index is 0.114. The fraction of sp³-hybridized carbons (Fsp3) is 0.412. The molecule has 5 nitrogen and oxygen atoms in total. The predicted molar refractivity (Wildman–Crippen MR) is 94.3 cm³/mol. The lowest BCUT2D eigenvalue weighted by molar-refractivity contribution is 0.0934. The third-order valence-electron chi connectivity index (χ3n) is 4.34. The van der Waals surface area contributed by atoms with Gasteiger partial charge in [-0.05, 0) is 45.0 Å². The van der Waals surface area contributed by atoms with Crippen molar-refractivity contribution < 1.29 is 4.79 Å². The summed E-state index contributed by atoms with van der Waals surface area (Å²) in [7, 11) is 2.12. The number of likely N-dealkylation sites (N-methyl/N-ethyl adjacent to an activating group) is 1. The average Bonchev–Trinajstić information content (AvgIpc) is 3.29. The zero-order chi connectivity index (χ0) is 16.4. The molecule has 1 aromatic heterocycles. The second-order valence-electron chi connectivity index (χ2n) is 6.13. The van der Waals surface area contributed by atoms with E-state index in [0.717, 1.165) is 15.7 Å². The van der Waals surface area contributed by atoms with Crippen molar-refractivity contribution in [2.24, 2.45) is 0 Å². The molecule has 1 atom stereocenters. The third kappa shape index (κ3) is 4.00. The van der Waals surface area contributed by atoms with Crippen LogP contribution in [0.5, 0.6) is 0 Å². The minimum Gasteiger partial charge on any atom is -0.349 e. The number of carbonyl (C=O) groups is 1. The average molecular weight is 377 g/mol. The number of halogens is 1. The number of benzene rings is 1. The Morgan fingerprint density at radius 2 is 2.13 bits per heavy atom. The van der Waals surface area contributed by atoms with E-state index in [-0.39, 0.29) is 5.91 Å². The van der Waals surface area contributed by atoms with E-state index in [1.165, 1.54) is 12.8 Å². The highest BCUT2D eigenvalue weighted by Crippen LogP contribution is 2.26. The predicted octanol–water partition coefficient (Wildman–Crippen LogP) is 3.05. The first-order chi connectivity index (χ1) is 11.0. The van der Waals surface area contributed by atoms with E-state index in [1.54, 1.807) is 6.07 Å². The van der Waals surface area contributed by atoms with Gasteiger partial charge in [-0.1, -0.05) is 28.1 Å². The van der Waals surface area contributed by atoms with Crippen LogP contribution in [-0.2, 0) is 0 Å². The SMILES string of the molecule is CC(CNC(=O)c1cc(-c2ccc(Br)cc2)n[nH]1)N(C)C1CC1. The summed E-state index contributed by atoms with van der Waals surface area (Å²) < 4.78 is 1.02. The fourth-order valence-corrected chi connectivity index (χ4v) is 2.79. The Kier molecular flexibility index (Phi) is 4.82. The number of amides is 1. The summed E-state index contributed by atoms with van der Waals surface area (Å²) in [4.78, 5) is 14.6. The van der Waals surface area contributed by atoms with Gasteiger partial charge < -0.3 is 5.32 Å². The van der Waals surface area contributed by atoms with Crippen molar-refractivity contribution in [3.63, 3.8) is 0 Å². The van der Waals surface area contributed by atoms with Crippen LogP contribution in [0.2, 0.25) is 0 Å². The van der Waals surface area contributed by atoms with Gasteiger partial charge in [0.05, 0.1) is 5.69 Å². The zero-order valence-corrected chi connectivity index (χ0v) is 14.9. The Labute approximate surface area is 144 Å². The van der Waals surface area contributed by atoms with Crippen LogP contribution < -0.4 is 5.32 Å². The minimum atomic E-state index is -0.114. The maximum Gasteiger partial charge on any atom is 0.269 e. The summed E-state index contributed by atoms with van der Waals surface area (Å²) in [6.07, 6.45) is 2.54. The van der Waals surface area contributed by atoms with Crippen molar-refractivity contribution in [1.29, 1.82) is 0 Å². The molecule has 1 fully saturated rings. The first-order valence-corrected chi connectivity index (χ1v) is 8.65. The fourth-order valence-electron chi connectivity index (χ4n) is 2.53. The lowest BCUT2D eigenvalue weighted by Gasteiger charge is -2.24. The van der Waals surface area contributed by atoms with E-state index in [9.17, 15) is 4.79 Å². The molecular weight excluding hydrogens is 356 g/mol. The lowest BCUT2D eigenvalue weighted by atomic mass is 10.1. The topological polar surface area (TPSA) is 61.0 Å². The van der Waals surface area contributed by atoms with Crippen molar-refractivity contribution in [3.8, 4) is 11.3 Å². The molecule has 1 saturated carbocycles. The molecule has 0 spiro atoms. The highest BCUT2D eigenvalue weighted by atomic mass is 79.9. The molecule has 0 bridgehead atoms. The molecule has 2 aromatic rings. The van der Waals surface area contributed by atoms with E-state index < -0.39 is 0 Å². The van der Waals surface area contributed by atoms with Crippen molar-refractivity contribution in [2.45, 2.75) is 31.8 Å². The van der Waals surface area contributed by atoms with E-state index in [0.29, 0.717) is 24.3 Å². The number of aromatic nitrogens is 2. The van der Waals surface area contributed by atoms with Gasteiger partial charge in [-0.15, -0.1) is 0 Å². The first kappa shape index (κ1) is 16.2. The molecule has 1 aliphatic rings. The second kappa shape index (κ2) is 6.84. The third-order valence-corrected chi connectivity index (χ3v) is 4.87. The van der Waals surface area contributed by atoms with Crippen LogP contribution in [0.15, 0.2) is 34.8 Å². The summed E-state index contributed by atoms with van der Waals surface area (Å²) in [6.45, 7) is 2.78. The Hall–Kier alpha value is -1.66. The van der Waals surface area contributed by atoms with Gasteiger partial charge in [-0.2, -0.15) is 5.10 Å². The molecule has 1 unspecified atom stereocenters. The van der Waals surface area contributed by atoms with Crippen LogP contribution in [-0.4, -0.2) is 46.7 Å². The number of hydrogen-bond acceptors (Lipinski definition) is 3. The van der Waals surface area contributed by atoms with E-state index in [1.807, 2.05) is 24.3 Å². The summed E-state index contributed by atoms with van der Waals surface area (Å²) in [5.74, 6) is -0.114. The Morgan fingerprint density at radius 1 is 1.43 bits per heavy atom. The van der Waals surface area contributed by atoms with Crippen LogP contribution >= 0.6 is 15.9 Å². The summed E-state index contributed by atoms with van der Waals surface area (Å²) >= 11 is 3.41. The quantitative estimate of drug-likeness (QED) is 0.814. The monoisotopic (exact) mass is 376 g/mol. The molecule has 1 aromatic carbocycles. The lowest BCUT2D eigenvalue weighted by Crippen LogP contribution is -2.41. The van der Waals surface area contributed by atoms with Gasteiger partial charge in [0, 0.05) is 28.7 Å². The van der Waals surface area contributed by atoms with Crippen LogP contribution in [0, 0.1) is 0 Å². The molecule has 0 radical (unpaired) electrons. The van der Waals surface area contributed by atoms with Crippen LogP contribution in [0.25, 0.3) is 11.3 Å². The molecule has 1 heterocycles. The number of H-pyrrole nitrogens is 1. The number of aromatic amines is 1. The number of nitrogens with zero attached hydrogens (tertiary/aromatic N) is 2. The van der Waals surface area contributed by atoms with Crippen LogP contribution in [0.1, 0.15) is 30.3 Å². The Morgan fingerprint density at radius 3 is 2.78 bits per heavy atom. The standard InChI is InChI=1S/C17H21BrN4O/c1-11(22(2)14-7-8-14)10-19-17(23)16-9-15(20-21-16)12-3-5-13(18)6-4-12/h3-6,9,11,14H,7-8,10H2,1-2H3,(H,19,23)(H,20,21). The van der Waals surface area contributed by atoms with Crippen molar-refractivity contribution in [3.05, 3.63) is 40.5 Å². The smallest absolute Gasteiger partial charge is 0.269 e. The summed E-state index contributed by atoms with van der Waals surface area (Å²) in [5.41, 5.74) is 2.24. The molecule has 2 N–H and O–H groups in total. The van der Waals surface area contributed by atoms with Gasteiger partial charge >= 0.3 is 0 Å². The first-order valence-electron chi connectivity index (χ1n) is 7.86. The number of hydrogen-bond donors (Lipinski definition) is 2. The largest absolute Gasteiger partial charge is 0.349 e. The van der Waals surface area contributed by atoms with E-state index in [2.05, 4.69) is 50.3 Å². The van der Waals surface area contributed by atoms with Crippen LogP contribution in [0.4, 0.5) is 0 Å². The molecular formula is C17H21BrN4O. The Bertz CT molecular complexity index is 678. The number of nitrogens with one attached hydrogen (secondary N) is 2. The van der Waals surface area contributed by atoms with Crippen molar-refractivity contribution in [2.75, 3.05) is 13.6 Å². The Balaban J connectivity index is 1.58. The summed E-state index contributed by atoms with van der Waals surface area (Å²) in [6, 6.07) is 10.7. The maximum atomic E-state index is 12.2.